The molecule has 142 valence electrons. The zero-order valence-corrected chi connectivity index (χ0v) is 17.2. The van der Waals surface area contributed by atoms with Gasteiger partial charge in [0.15, 0.2) is 0 Å². The van der Waals surface area contributed by atoms with E-state index in [1.54, 1.807) is 36.4 Å². The summed E-state index contributed by atoms with van der Waals surface area (Å²) in [4.78, 5) is 20.2. The Bertz CT molecular complexity index is 788. The van der Waals surface area contributed by atoms with Gasteiger partial charge >= 0.3 is 7.60 Å². The lowest BCUT2D eigenvalue weighted by Gasteiger charge is -2.30. The van der Waals surface area contributed by atoms with Gasteiger partial charge < -0.3 is 14.9 Å². The number of hydrogen-bond acceptors (Lipinski definition) is 2. The van der Waals surface area contributed by atoms with E-state index < -0.39 is 13.3 Å². The van der Waals surface area contributed by atoms with Crippen molar-refractivity contribution in [3.05, 3.63) is 64.7 Å². The second kappa shape index (κ2) is 6.84. The van der Waals surface area contributed by atoms with Gasteiger partial charge in [0, 0.05) is 0 Å². The molecule has 0 fully saturated rings. The monoisotopic (exact) mass is 376 g/mol. The Kier molecular flexibility index (Phi) is 5.45. The third-order valence-electron chi connectivity index (χ3n) is 4.52. The molecular weight excluding hydrogens is 347 g/mol. The van der Waals surface area contributed by atoms with Gasteiger partial charge in [0.2, 0.25) is 0 Å². The summed E-state index contributed by atoms with van der Waals surface area (Å²) in [5.41, 5.74) is 0.672. The summed E-state index contributed by atoms with van der Waals surface area (Å²) in [6.07, 6.45) is 0. The molecular formula is C21H29O4P. The standard InChI is InChI=1S/C21H29O4P/c1-20(2,3)16-12-15(13-17(18(16)22)21(4,5)6)19(26(23,24)25)14-10-8-7-9-11-14/h7-13,19,22H,1-6H3,(H2,23,24,25). The van der Waals surface area contributed by atoms with E-state index in [2.05, 4.69) is 0 Å². The van der Waals surface area contributed by atoms with Gasteiger partial charge in [-0.1, -0.05) is 84.0 Å². The molecule has 2 rings (SSSR count). The largest absolute Gasteiger partial charge is 0.507 e. The van der Waals surface area contributed by atoms with E-state index in [-0.39, 0.29) is 16.6 Å². The number of phenolic OH excluding ortho intramolecular Hbond substituents is 1. The minimum absolute atomic E-state index is 0.200. The van der Waals surface area contributed by atoms with Crippen LogP contribution in [0, 0.1) is 0 Å². The Morgan fingerprint density at radius 2 is 1.23 bits per heavy atom. The highest BCUT2D eigenvalue weighted by atomic mass is 31.2. The van der Waals surface area contributed by atoms with Crippen LogP contribution in [0.4, 0.5) is 0 Å². The molecule has 1 atom stereocenters. The molecule has 0 amide bonds. The van der Waals surface area contributed by atoms with Crippen LogP contribution in [0.5, 0.6) is 5.75 Å². The Morgan fingerprint density at radius 1 is 0.808 bits per heavy atom. The fourth-order valence-electron chi connectivity index (χ4n) is 3.17. The fourth-order valence-corrected chi connectivity index (χ4v) is 4.27. The molecule has 0 heterocycles. The highest BCUT2D eigenvalue weighted by Crippen LogP contribution is 2.56. The topological polar surface area (TPSA) is 77.8 Å². The van der Waals surface area contributed by atoms with Crippen LogP contribution in [-0.2, 0) is 15.4 Å². The second-order valence-corrected chi connectivity index (χ2v) is 10.6. The molecule has 0 aromatic heterocycles. The maximum absolute atomic E-state index is 12.4. The van der Waals surface area contributed by atoms with Gasteiger partial charge in [0.05, 0.1) is 0 Å². The Hall–Kier alpha value is -1.61. The fraction of sp³-hybridized carbons (Fsp3) is 0.429. The summed E-state index contributed by atoms with van der Waals surface area (Å²) >= 11 is 0. The van der Waals surface area contributed by atoms with Gasteiger partial charge in [-0.05, 0) is 33.1 Å². The summed E-state index contributed by atoms with van der Waals surface area (Å²) in [7, 11) is -4.46. The van der Waals surface area contributed by atoms with E-state index in [1.165, 1.54) is 0 Å². The quantitative estimate of drug-likeness (QED) is 0.639. The van der Waals surface area contributed by atoms with Crippen LogP contribution in [0.1, 0.15) is 69.5 Å². The molecule has 0 aliphatic heterocycles. The zero-order valence-electron chi connectivity index (χ0n) is 16.3. The van der Waals surface area contributed by atoms with Crippen molar-refractivity contribution in [2.75, 3.05) is 0 Å². The first-order chi connectivity index (χ1) is 11.7. The van der Waals surface area contributed by atoms with Gasteiger partial charge in [0.1, 0.15) is 11.4 Å². The highest BCUT2D eigenvalue weighted by Gasteiger charge is 2.35. The first kappa shape index (κ1) is 20.7. The predicted octanol–water partition coefficient (Wildman–Crippen LogP) is 5.25. The number of rotatable bonds is 3. The van der Waals surface area contributed by atoms with Crippen LogP contribution in [0.15, 0.2) is 42.5 Å². The Morgan fingerprint density at radius 3 is 1.58 bits per heavy atom. The van der Waals surface area contributed by atoms with E-state index in [4.69, 9.17) is 0 Å². The molecule has 26 heavy (non-hydrogen) atoms. The molecule has 1 unspecified atom stereocenters. The van der Waals surface area contributed by atoms with Gasteiger partial charge in [-0.2, -0.15) is 0 Å². The molecule has 0 bridgehead atoms. The van der Waals surface area contributed by atoms with E-state index >= 15 is 0 Å². The molecule has 3 N–H and O–H groups in total. The van der Waals surface area contributed by atoms with Crippen molar-refractivity contribution < 1.29 is 19.5 Å². The normalized spacial score (nSPS) is 14.3. The summed E-state index contributed by atoms with van der Waals surface area (Å²) in [6, 6.07) is 12.3. The molecule has 4 nitrogen and oxygen atoms in total. The van der Waals surface area contributed by atoms with Crippen LogP contribution in [0.2, 0.25) is 0 Å². The minimum atomic E-state index is -4.46. The molecule has 0 saturated carbocycles. The Labute approximate surface area is 156 Å². The van der Waals surface area contributed by atoms with E-state index in [0.29, 0.717) is 22.3 Å². The van der Waals surface area contributed by atoms with Gasteiger partial charge in [-0.3, -0.25) is 4.57 Å². The lowest BCUT2D eigenvalue weighted by molar-refractivity contribution is 0.364. The molecule has 0 radical (unpaired) electrons. The average molecular weight is 376 g/mol. The third kappa shape index (κ3) is 4.37. The number of benzene rings is 2. The number of aromatic hydroxyl groups is 1. The molecule has 0 spiro atoms. The molecule has 0 saturated heterocycles. The molecule has 0 aliphatic rings. The van der Waals surface area contributed by atoms with Crippen LogP contribution in [-0.4, -0.2) is 14.9 Å². The van der Waals surface area contributed by atoms with E-state index in [0.717, 1.165) is 0 Å². The van der Waals surface area contributed by atoms with E-state index in [1.807, 2.05) is 47.6 Å². The molecule has 2 aromatic rings. The van der Waals surface area contributed by atoms with Crippen molar-refractivity contribution in [2.45, 2.75) is 58.0 Å². The molecule has 2 aromatic carbocycles. The first-order valence-corrected chi connectivity index (χ1v) is 10.4. The summed E-state index contributed by atoms with van der Waals surface area (Å²) < 4.78 is 12.4. The van der Waals surface area contributed by atoms with Crippen LogP contribution in [0.25, 0.3) is 0 Å². The van der Waals surface area contributed by atoms with Gasteiger partial charge in [0.25, 0.3) is 0 Å². The Balaban J connectivity index is 2.84. The maximum atomic E-state index is 12.4. The highest BCUT2D eigenvalue weighted by molar-refractivity contribution is 7.52. The van der Waals surface area contributed by atoms with Crippen molar-refractivity contribution >= 4 is 7.60 Å². The predicted molar refractivity (Wildman–Crippen MR) is 106 cm³/mol. The van der Waals surface area contributed by atoms with Crippen molar-refractivity contribution in [2.24, 2.45) is 0 Å². The first-order valence-electron chi connectivity index (χ1n) is 8.71. The second-order valence-electron chi connectivity index (χ2n) is 8.87. The third-order valence-corrected chi connectivity index (χ3v) is 5.78. The van der Waals surface area contributed by atoms with Gasteiger partial charge in [-0.25, -0.2) is 0 Å². The SMILES string of the molecule is CC(C)(C)c1cc(C(c2ccccc2)P(=O)(O)O)cc(C(C)(C)C)c1O. The van der Waals surface area contributed by atoms with Crippen molar-refractivity contribution in [3.8, 4) is 5.75 Å². The maximum Gasteiger partial charge on any atom is 0.337 e. The summed E-state index contributed by atoms with van der Waals surface area (Å²) in [6.45, 7) is 11.9. The molecule has 0 aliphatic carbocycles. The van der Waals surface area contributed by atoms with Crippen LogP contribution < -0.4 is 0 Å². The van der Waals surface area contributed by atoms with Crippen LogP contribution in [0.3, 0.4) is 0 Å². The average Bonchev–Trinajstić information content (AvgIpc) is 2.46. The minimum Gasteiger partial charge on any atom is -0.507 e. The van der Waals surface area contributed by atoms with Crippen LogP contribution >= 0.6 is 7.60 Å². The van der Waals surface area contributed by atoms with E-state index in [9.17, 15) is 19.5 Å². The lowest BCUT2D eigenvalue weighted by atomic mass is 9.78. The smallest absolute Gasteiger partial charge is 0.337 e. The number of hydrogen-bond donors (Lipinski definition) is 3. The lowest BCUT2D eigenvalue weighted by Crippen LogP contribution is -2.18. The summed E-state index contributed by atoms with van der Waals surface area (Å²) in [5, 5.41) is 10.8. The zero-order chi connectivity index (χ0) is 19.9. The van der Waals surface area contributed by atoms with Crippen molar-refractivity contribution in [3.63, 3.8) is 0 Å². The van der Waals surface area contributed by atoms with Crippen molar-refractivity contribution in [1.82, 2.24) is 0 Å². The van der Waals surface area contributed by atoms with Gasteiger partial charge in [-0.15, -0.1) is 0 Å². The van der Waals surface area contributed by atoms with Crippen molar-refractivity contribution in [1.29, 1.82) is 0 Å². The summed E-state index contributed by atoms with van der Waals surface area (Å²) in [5.74, 6) is 0.200. The number of phenols is 1. The molecule has 5 heteroatoms.